The molecule has 0 bridgehead atoms. The number of piperidine rings is 2. The Morgan fingerprint density at radius 1 is 0.646 bits per heavy atom. The zero-order chi connectivity index (χ0) is 70.5. The minimum Gasteiger partial charge on any atom is -0.446 e. The van der Waals surface area contributed by atoms with Gasteiger partial charge in [-0.3, -0.25) is 24.5 Å². The highest BCUT2D eigenvalue weighted by molar-refractivity contribution is 6.42. The summed E-state index contributed by atoms with van der Waals surface area (Å²) in [6.07, 6.45) is -3.94. The summed E-state index contributed by atoms with van der Waals surface area (Å²) in [7, 11) is 5.32. The Balaban J connectivity index is 0.614. The number of likely N-dealkylation sites (N-methyl/N-ethyl adjacent to an activating group) is 2. The van der Waals surface area contributed by atoms with Gasteiger partial charge in [0.15, 0.2) is 0 Å². The lowest BCUT2D eigenvalue weighted by atomic mass is 9.72. The maximum Gasteiger partial charge on any atom is 0.416 e. The summed E-state index contributed by atoms with van der Waals surface area (Å²) in [5.74, 6) is -1.21. The zero-order valence-electron chi connectivity index (χ0n) is 56.1. The number of amides is 5. The molecular weight excluding hydrogens is 1330 g/mol. The molecule has 3 aliphatic heterocycles. The lowest BCUT2D eigenvalue weighted by Gasteiger charge is -2.46. The maximum atomic E-state index is 14.0. The topological polar surface area (TPSA) is 157 Å². The molecule has 0 aromatic heterocycles. The summed E-state index contributed by atoms with van der Waals surface area (Å²) >= 11 is 12.8. The van der Waals surface area contributed by atoms with Crippen LogP contribution in [0.3, 0.4) is 0 Å². The SMILES string of the molecule is CN(CCN1CCC(OC(=O)Nc2ccccc2-c2ccccc2)CC1)C(=O)CCCCCNc1ccc(C(=O)N(C)CCCN(C)C(=O)CO[C@H]2Cc3ccccc3C23CCN(CC[C@@]2(c4ccc(Cl)c(Cl)c4)CN(C(=O)c4cc(C(F)(F)F)cc(C(F)(F)F)c4)CCO2)CC3)cc1. The molecule has 16 nitrogen and oxygen atoms in total. The van der Waals surface area contributed by atoms with Crippen LogP contribution in [0.5, 0.6) is 0 Å². The van der Waals surface area contributed by atoms with Crippen molar-refractivity contribution < 1.29 is 64.5 Å². The van der Waals surface area contributed by atoms with Crippen LogP contribution in [0.25, 0.3) is 11.1 Å². The van der Waals surface area contributed by atoms with E-state index in [1.54, 1.807) is 59.1 Å². The van der Waals surface area contributed by atoms with Gasteiger partial charge in [0.05, 0.1) is 46.1 Å². The number of hydrogen-bond acceptors (Lipinski definition) is 11. The van der Waals surface area contributed by atoms with Crippen LogP contribution in [0.1, 0.15) is 113 Å². The number of alkyl halides is 6. The Kier molecular flexibility index (Phi) is 24.8. The standard InChI is InChI=1S/C75H86Cl2F6N8O8/c1-86(34-14-35-88(3)69(94)53-22-25-59(26-23-53)84-33-13-5-8-21-67(92)87(2)41-42-89-36-28-60(29-37-89)99-71(96)85-65-20-12-10-18-61(65)52-15-6-4-7-16-52)68(93)50-97-66-47-54-17-9-11-19-62(54)72(66)30-38-90(39-31-72)40-32-73(56-24-27-63(76)64(77)49-56)51-91(43-44-98-73)70(95)55-45-57(74(78,79)80)48-58(46-55)75(81,82)83/h4,6-7,9-12,15-20,22-27,45-46,48-49,60,66,84H,5,8,13-14,21,28-44,47,50-51H2,1-3H3,(H,85,96)/t66-,73-/m0/s1. The van der Waals surface area contributed by atoms with E-state index in [1.165, 1.54) is 10.5 Å². The van der Waals surface area contributed by atoms with E-state index in [2.05, 4.69) is 32.6 Å². The Hall–Kier alpha value is -7.73. The number of carbonyl (C=O) groups is 5. The molecule has 4 aliphatic rings. The van der Waals surface area contributed by atoms with Crippen LogP contribution in [0.2, 0.25) is 10.0 Å². The minimum absolute atomic E-state index is 0.00469. The van der Waals surface area contributed by atoms with Crippen molar-refractivity contribution >= 4 is 64.3 Å². The van der Waals surface area contributed by atoms with E-state index < -0.39 is 52.1 Å². The van der Waals surface area contributed by atoms with Gasteiger partial charge in [0.1, 0.15) is 18.3 Å². The first kappa shape index (κ1) is 74.0. The zero-order valence-corrected chi connectivity index (χ0v) is 57.6. The summed E-state index contributed by atoms with van der Waals surface area (Å²) in [4.78, 5) is 77.9. The highest BCUT2D eigenvalue weighted by Crippen LogP contribution is 2.49. The van der Waals surface area contributed by atoms with Crippen LogP contribution in [-0.2, 0) is 53.6 Å². The summed E-state index contributed by atoms with van der Waals surface area (Å²) in [6.45, 7) is 5.68. The molecule has 0 unspecified atom stereocenters. The van der Waals surface area contributed by atoms with Crippen molar-refractivity contribution in [2.45, 2.75) is 106 Å². The second-order valence-electron chi connectivity index (χ2n) is 26.4. The van der Waals surface area contributed by atoms with Crippen molar-refractivity contribution in [3.05, 3.63) is 189 Å². The third kappa shape index (κ3) is 19.0. The normalized spacial score (nSPS) is 18.2. The minimum atomic E-state index is -5.14. The fraction of sp³-hybridized carbons (Fsp3) is 0.453. The molecule has 0 saturated carbocycles. The van der Waals surface area contributed by atoms with Crippen LogP contribution in [0.4, 0.5) is 42.5 Å². The number of para-hydroxylation sites is 1. The lowest BCUT2D eigenvalue weighted by Crippen LogP contribution is -2.54. The van der Waals surface area contributed by atoms with Gasteiger partial charge in [-0.15, -0.1) is 0 Å². The van der Waals surface area contributed by atoms with Gasteiger partial charge in [-0.05, 0) is 154 Å². The number of anilines is 2. The lowest BCUT2D eigenvalue weighted by molar-refractivity contribution is -0.143. The number of morpholine rings is 1. The summed E-state index contributed by atoms with van der Waals surface area (Å²) in [5, 5.41) is 6.81. The van der Waals surface area contributed by atoms with Gasteiger partial charge in [0, 0.05) is 114 Å². The molecule has 0 radical (unpaired) electrons. The Morgan fingerprint density at radius 3 is 2.01 bits per heavy atom. The highest BCUT2D eigenvalue weighted by Gasteiger charge is 2.50. The molecule has 3 saturated heterocycles. The number of benzene rings is 6. The molecule has 1 aliphatic carbocycles. The predicted octanol–water partition coefficient (Wildman–Crippen LogP) is 14.2. The molecule has 10 rings (SSSR count). The van der Waals surface area contributed by atoms with E-state index in [0.29, 0.717) is 100 Å². The van der Waals surface area contributed by atoms with E-state index >= 15 is 0 Å². The summed E-state index contributed by atoms with van der Waals surface area (Å²) in [6, 6.07) is 38.9. The van der Waals surface area contributed by atoms with Crippen molar-refractivity contribution in [1.29, 1.82) is 0 Å². The molecule has 3 fully saturated rings. The van der Waals surface area contributed by atoms with Crippen LogP contribution < -0.4 is 10.6 Å². The van der Waals surface area contributed by atoms with Crippen LogP contribution in [0.15, 0.2) is 140 Å². The number of hydrogen-bond donors (Lipinski definition) is 2. The monoisotopic (exact) mass is 1410 g/mol. The second kappa shape index (κ2) is 33.2. The highest BCUT2D eigenvalue weighted by atomic mass is 35.5. The molecule has 530 valence electrons. The molecule has 6 aromatic carbocycles. The van der Waals surface area contributed by atoms with Crippen molar-refractivity contribution in [1.82, 2.24) is 29.4 Å². The first-order valence-corrected chi connectivity index (χ1v) is 34.7. The largest absolute Gasteiger partial charge is 0.446 e. The van der Waals surface area contributed by atoms with Crippen molar-refractivity contribution in [2.75, 3.05) is 124 Å². The first-order chi connectivity index (χ1) is 47.4. The Morgan fingerprint density at radius 2 is 1.30 bits per heavy atom. The Labute approximate surface area is 584 Å². The van der Waals surface area contributed by atoms with Gasteiger partial charge in [0.25, 0.3) is 11.8 Å². The van der Waals surface area contributed by atoms with Crippen LogP contribution in [0, 0.1) is 0 Å². The van der Waals surface area contributed by atoms with E-state index in [4.69, 9.17) is 37.4 Å². The van der Waals surface area contributed by atoms with E-state index in [9.17, 15) is 50.3 Å². The number of rotatable bonds is 26. The van der Waals surface area contributed by atoms with E-state index in [0.717, 1.165) is 80.7 Å². The van der Waals surface area contributed by atoms with E-state index in [-0.39, 0.29) is 78.8 Å². The number of likely N-dealkylation sites (tertiary alicyclic amines) is 2. The number of halogens is 8. The van der Waals surface area contributed by atoms with Gasteiger partial charge in [-0.25, -0.2) is 4.79 Å². The predicted molar refractivity (Wildman–Crippen MR) is 370 cm³/mol. The smallest absolute Gasteiger partial charge is 0.416 e. The fourth-order valence-corrected chi connectivity index (χ4v) is 14.3. The average molecular weight is 1410 g/mol. The maximum absolute atomic E-state index is 14.0. The first-order valence-electron chi connectivity index (χ1n) is 33.9. The van der Waals surface area contributed by atoms with Crippen molar-refractivity contribution in [3.63, 3.8) is 0 Å². The van der Waals surface area contributed by atoms with Gasteiger partial charge >= 0.3 is 18.4 Å². The average Bonchev–Trinajstić information content (AvgIpc) is 1.65. The molecule has 99 heavy (non-hydrogen) atoms. The summed E-state index contributed by atoms with van der Waals surface area (Å²) in [5.41, 5.74) is 1.35. The summed E-state index contributed by atoms with van der Waals surface area (Å²) < 4.78 is 102. The van der Waals surface area contributed by atoms with Crippen molar-refractivity contribution in [2.24, 2.45) is 0 Å². The second-order valence-corrected chi connectivity index (χ2v) is 27.2. The quantitative estimate of drug-likeness (QED) is 0.0394. The number of ether oxygens (including phenoxy) is 3. The number of nitrogens with zero attached hydrogens (tertiary/aromatic N) is 6. The van der Waals surface area contributed by atoms with E-state index in [1.807, 2.05) is 85.9 Å². The van der Waals surface area contributed by atoms with Gasteiger partial charge in [-0.1, -0.05) is 108 Å². The van der Waals surface area contributed by atoms with Gasteiger partial charge in [-0.2, -0.15) is 26.3 Å². The molecule has 2 atom stereocenters. The molecule has 3 heterocycles. The van der Waals surface area contributed by atoms with Gasteiger partial charge in [0.2, 0.25) is 11.8 Å². The molecule has 1 spiro atoms. The van der Waals surface area contributed by atoms with Crippen LogP contribution >= 0.6 is 23.2 Å². The van der Waals surface area contributed by atoms with Gasteiger partial charge < -0.3 is 48.9 Å². The third-order valence-corrected chi connectivity index (χ3v) is 20.6. The molecule has 24 heteroatoms. The number of fused-ring (bicyclic) bond motifs is 2. The van der Waals surface area contributed by atoms with Crippen molar-refractivity contribution in [3.8, 4) is 11.1 Å². The Bertz CT molecular complexity index is 3730. The molecule has 5 amide bonds. The molecule has 2 N–H and O–H groups in total. The fourth-order valence-electron chi connectivity index (χ4n) is 14.0. The van der Waals surface area contributed by atoms with Crippen LogP contribution in [-0.4, -0.2) is 184 Å². The molecule has 6 aromatic rings. The number of nitrogens with one attached hydrogen (secondary N) is 2. The third-order valence-electron chi connectivity index (χ3n) is 19.8. The number of unbranched alkanes of at least 4 members (excludes halogenated alkanes) is 2. The molecular formula is C75H86Cl2F6N8O8. The number of carbonyl (C=O) groups excluding carboxylic acids is 5.